The Morgan fingerprint density at radius 3 is 2.45 bits per heavy atom. The molecule has 1 aromatic carbocycles. The van der Waals surface area contributed by atoms with E-state index in [-0.39, 0.29) is 18.0 Å². The lowest BCUT2D eigenvalue weighted by Crippen LogP contribution is -2.50. The Morgan fingerprint density at radius 2 is 1.90 bits per heavy atom. The number of hydrogen-bond donors (Lipinski definition) is 3. The molecule has 0 radical (unpaired) electrons. The van der Waals surface area contributed by atoms with E-state index in [1.165, 1.54) is 5.56 Å². The van der Waals surface area contributed by atoms with Crippen LogP contribution in [0.15, 0.2) is 24.3 Å². The standard InChI is InChI=1S/C16H25N3O/c1-11-4-7-13(8-5-11)19-16(2,3)15(20)18-14-9-6-12(17)10-14/h4-5,7-8,12,14,19H,6,9-10,17H2,1-3H3,(H,18,20)/t12-,14-/m1/s1. The lowest BCUT2D eigenvalue weighted by molar-refractivity contribution is -0.125. The average molecular weight is 275 g/mol. The third-order valence-electron chi connectivity index (χ3n) is 3.88. The molecule has 0 heterocycles. The molecule has 0 bridgehead atoms. The summed E-state index contributed by atoms with van der Waals surface area (Å²) in [5.41, 5.74) is 7.41. The zero-order valence-corrected chi connectivity index (χ0v) is 12.6. The second kappa shape index (κ2) is 5.83. The second-order valence-electron chi connectivity index (χ2n) is 6.36. The summed E-state index contributed by atoms with van der Waals surface area (Å²) in [7, 11) is 0. The molecule has 1 saturated carbocycles. The summed E-state index contributed by atoms with van der Waals surface area (Å²) in [6, 6.07) is 8.51. The monoisotopic (exact) mass is 275 g/mol. The Labute approximate surface area is 121 Å². The van der Waals surface area contributed by atoms with Crippen molar-refractivity contribution in [3.63, 3.8) is 0 Å². The van der Waals surface area contributed by atoms with Gasteiger partial charge in [-0.15, -0.1) is 0 Å². The van der Waals surface area contributed by atoms with E-state index in [2.05, 4.69) is 10.6 Å². The number of rotatable bonds is 4. The van der Waals surface area contributed by atoms with Gasteiger partial charge in [0, 0.05) is 17.8 Å². The summed E-state index contributed by atoms with van der Waals surface area (Å²) < 4.78 is 0. The van der Waals surface area contributed by atoms with Gasteiger partial charge in [0.25, 0.3) is 0 Å². The van der Waals surface area contributed by atoms with E-state index in [4.69, 9.17) is 5.73 Å². The Bertz CT molecular complexity index is 467. The van der Waals surface area contributed by atoms with Crippen molar-refractivity contribution >= 4 is 11.6 Å². The zero-order valence-electron chi connectivity index (χ0n) is 12.6. The van der Waals surface area contributed by atoms with Crippen molar-refractivity contribution in [2.75, 3.05) is 5.32 Å². The molecule has 1 aliphatic carbocycles. The van der Waals surface area contributed by atoms with Gasteiger partial charge in [-0.25, -0.2) is 0 Å². The molecule has 0 aliphatic heterocycles. The zero-order chi connectivity index (χ0) is 14.8. The molecule has 4 nitrogen and oxygen atoms in total. The van der Waals surface area contributed by atoms with Crippen LogP contribution in [0.4, 0.5) is 5.69 Å². The topological polar surface area (TPSA) is 67.2 Å². The van der Waals surface area contributed by atoms with Gasteiger partial charge < -0.3 is 16.4 Å². The smallest absolute Gasteiger partial charge is 0.245 e. The molecule has 1 amide bonds. The van der Waals surface area contributed by atoms with Gasteiger partial charge in [-0.2, -0.15) is 0 Å². The molecule has 0 unspecified atom stereocenters. The van der Waals surface area contributed by atoms with Crippen molar-refractivity contribution in [2.45, 2.75) is 57.7 Å². The molecule has 1 aliphatic rings. The Morgan fingerprint density at radius 1 is 1.25 bits per heavy atom. The summed E-state index contributed by atoms with van der Waals surface area (Å²) in [5.74, 6) is 0.0252. The fourth-order valence-electron chi connectivity index (χ4n) is 2.57. The van der Waals surface area contributed by atoms with Crippen molar-refractivity contribution in [2.24, 2.45) is 5.73 Å². The van der Waals surface area contributed by atoms with Crippen LogP contribution in [0.2, 0.25) is 0 Å². The van der Waals surface area contributed by atoms with Crippen LogP contribution >= 0.6 is 0 Å². The number of carbonyl (C=O) groups is 1. The lowest BCUT2D eigenvalue weighted by atomic mass is 10.0. The highest BCUT2D eigenvalue weighted by Gasteiger charge is 2.31. The molecular formula is C16H25N3O. The third kappa shape index (κ3) is 3.73. The fraction of sp³-hybridized carbons (Fsp3) is 0.562. The summed E-state index contributed by atoms with van der Waals surface area (Å²) in [6.45, 7) is 5.85. The first-order valence-corrected chi connectivity index (χ1v) is 7.28. The predicted molar refractivity (Wildman–Crippen MR) is 82.6 cm³/mol. The minimum atomic E-state index is -0.637. The highest BCUT2D eigenvalue weighted by Crippen LogP contribution is 2.20. The number of nitrogens with one attached hydrogen (secondary N) is 2. The van der Waals surface area contributed by atoms with Gasteiger partial charge in [0.15, 0.2) is 0 Å². The summed E-state index contributed by atoms with van der Waals surface area (Å²) in [5, 5.41) is 6.39. The average Bonchev–Trinajstić information content (AvgIpc) is 2.77. The molecule has 1 aromatic rings. The lowest BCUT2D eigenvalue weighted by Gasteiger charge is -2.28. The number of anilines is 1. The number of aryl methyl sites for hydroxylation is 1. The molecule has 0 spiro atoms. The Balaban J connectivity index is 1.94. The van der Waals surface area contributed by atoms with E-state index in [1.54, 1.807) is 0 Å². The molecule has 0 saturated heterocycles. The molecule has 1 fully saturated rings. The van der Waals surface area contributed by atoms with Crippen LogP contribution in [-0.2, 0) is 4.79 Å². The second-order valence-corrected chi connectivity index (χ2v) is 6.36. The first-order valence-electron chi connectivity index (χ1n) is 7.28. The van der Waals surface area contributed by atoms with Gasteiger partial charge in [0.1, 0.15) is 5.54 Å². The third-order valence-corrected chi connectivity index (χ3v) is 3.88. The predicted octanol–water partition coefficient (Wildman–Crippen LogP) is 2.18. The quantitative estimate of drug-likeness (QED) is 0.789. The van der Waals surface area contributed by atoms with Crippen LogP contribution in [0.3, 0.4) is 0 Å². The van der Waals surface area contributed by atoms with E-state index in [9.17, 15) is 4.79 Å². The van der Waals surface area contributed by atoms with Crippen LogP contribution < -0.4 is 16.4 Å². The van der Waals surface area contributed by atoms with E-state index in [1.807, 2.05) is 45.0 Å². The van der Waals surface area contributed by atoms with Gasteiger partial charge in [0.05, 0.1) is 0 Å². The summed E-state index contributed by atoms with van der Waals surface area (Å²) in [6.07, 6.45) is 2.86. The van der Waals surface area contributed by atoms with Crippen molar-refractivity contribution in [1.82, 2.24) is 5.32 Å². The van der Waals surface area contributed by atoms with Gasteiger partial charge in [-0.1, -0.05) is 17.7 Å². The molecule has 0 aromatic heterocycles. The largest absolute Gasteiger partial charge is 0.372 e. The van der Waals surface area contributed by atoms with Gasteiger partial charge >= 0.3 is 0 Å². The molecular weight excluding hydrogens is 250 g/mol. The first-order chi connectivity index (χ1) is 9.37. The van der Waals surface area contributed by atoms with Crippen molar-refractivity contribution in [3.05, 3.63) is 29.8 Å². The Kier molecular flexibility index (Phi) is 4.33. The van der Waals surface area contributed by atoms with Crippen molar-refractivity contribution in [1.29, 1.82) is 0 Å². The highest BCUT2D eigenvalue weighted by atomic mass is 16.2. The normalized spacial score (nSPS) is 22.6. The fourth-order valence-corrected chi connectivity index (χ4v) is 2.57. The minimum absolute atomic E-state index is 0.0252. The molecule has 4 N–H and O–H groups in total. The van der Waals surface area contributed by atoms with Gasteiger partial charge in [0.2, 0.25) is 5.91 Å². The Hall–Kier alpha value is -1.55. The molecule has 20 heavy (non-hydrogen) atoms. The van der Waals surface area contributed by atoms with Crippen LogP contribution in [0.1, 0.15) is 38.7 Å². The number of carbonyl (C=O) groups excluding carboxylic acids is 1. The van der Waals surface area contributed by atoms with E-state index in [0.717, 1.165) is 24.9 Å². The summed E-state index contributed by atoms with van der Waals surface area (Å²) in [4.78, 5) is 12.4. The van der Waals surface area contributed by atoms with Crippen LogP contribution in [-0.4, -0.2) is 23.5 Å². The number of amides is 1. The molecule has 2 atom stereocenters. The van der Waals surface area contributed by atoms with E-state index >= 15 is 0 Å². The SMILES string of the molecule is Cc1ccc(NC(C)(C)C(=O)N[C@@H]2CC[C@@H](N)C2)cc1. The van der Waals surface area contributed by atoms with Crippen LogP contribution in [0.25, 0.3) is 0 Å². The highest BCUT2D eigenvalue weighted by molar-refractivity contribution is 5.88. The minimum Gasteiger partial charge on any atom is -0.372 e. The van der Waals surface area contributed by atoms with Crippen LogP contribution in [0, 0.1) is 6.92 Å². The van der Waals surface area contributed by atoms with Gasteiger partial charge in [-0.3, -0.25) is 4.79 Å². The number of nitrogens with two attached hydrogens (primary N) is 1. The maximum atomic E-state index is 12.4. The van der Waals surface area contributed by atoms with E-state index in [0.29, 0.717) is 0 Å². The van der Waals surface area contributed by atoms with Crippen LogP contribution in [0.5, 0.6) is 0 Å². The molecule has 4 heteroatoms. The van der Waals surface area contributed by atoms with Crippen molar-refractivity contribution < 1.29 is 4.79 Å². The van der Waals surface area contributed by atoms with Crippen molar-refractivity contribution in [3.8, 4) is 0 Å². The summed E-state index contributed by atoms with van der Waals surface area (Å²) >= 11 is 0. The molecule has 110 valence electrons. The van der Waals surface area contributed by atoms with Gasteiger partial charge in [-0.05, 0) is 52.2 Å². The number of benzene rings is 1. The maximum Gasteiger partial charge on any atom is 0.245 e. The molecule has 2 rings (SSSR count). The van der Waals surface area contributed by atoms with E-state index < -0.39 is 5.54 Å². The maximum absolute atomic E-state index is 12.4. The first kappa shape index (κ1) is 14.9. The number of hydrogen-bond acceptors (Lipinski definition) is 3.